The first-order valence-electron chi connectivity index (χ1n) is 5.97. The van der Waals surface area contributed by atoms with Crippen LogP contribution in [0, 0.1) is 0 Å². The summed E-state index contributed by atoms with van der Waals surface area (Å²) in [5.41, 5.74) is 0. The number of ether oxygens (including phenoxy) is 1. The molecule has 0 aromatic rings. The van der Waals surface area contributed by atoms with E-state index < -0.39 is 0 Å². The quantitative estimate of drug-likeness (QED) is 0.684. The van der Waals surface area contributed by atoms with E-state index >= 15 is 0 Å². The first kappa shape index (κ1) is 11.3. The number of nitrogens with zero attached hydrogens (tertiary/aromatic N) is 1. The SMILES string of the molecule is CN1CCOC(CNC2CCCC2O)C1. The third kappa shape index (κ3) is 3.14. The van der Waals surface area contributed by atoms with Crippen molar-refractivity contribution in [1.82, 2.24) is 10.2 Å². The maximum absolute atomic E-state index is 9.66. The fraction of sp³-hybridized carbons (Fsp3) is 1.00. The largest absolute Gasteiger partial charge is 0.392 e. The van der Waals surface area contributed by atoms with Crippen LogP contribution < -0.4 is 5.32 Å². The van der Waals surface area contributed by atoms with Crippen LogP contribution in [0.25, 0.3) is 0 Å². The molecule has 1 aliphatic heterocycles. The summed E-state index contributed by atoms with van der Waals surface area (Å²) in [5, 5.41) is 13.1. The Morgan fingerprint density at radius 1 is 1.47 bits per heavy atom. The predicted molar refractivity (Wildman–Crippen MR) is 58.9 cm³/mol. The van der Waals surface area contributed by atoms with Crippen LogP contribution in [-0.2, 0) is 4.74 Å². The standard InChI is InChI=1S/C11H22N2O2/c1-13-5-6-15-9(8-13)7-12-10-3-2-4-11(10)14/h9-12,14H,2-8H2,1H3. The zero-order chi connectivity index (χ0) is 10.7. The lowest BCUT2D eigenvalue weighted by atomic mass is 10.2. The zero-order valence-electron chi connectivity index (χ0n) is 9.48. The van der Waals surface area contributed by atoms with Crippen LogP contribution in [0.3, 0.4) is 0 Å². The van der Waals surface area contributed by atoms with E-state index in [1.165, 1.54) is 0 Å². The molecule has 1 saturated carbocycles. The number of hydrogen-bond acceptors (Lipinski definition) is 4. The summed E-state index contributed by atoms with van der Waals surface area (Å²) >= 11 is 0. The molecule has 88 valence electrons. The molecule has 1 saturated heterocycles. The molecule has 0 bridgehead atoms. The van der Waals surface area contributed by atoms with Crippen molar-refractivity contribution in [2.24, 2.45) is 0 Å². The Balaban J connectivity index is 1.68. The molecule has 3 unspecified atom stereocenters. The third-order valence-corrected chi connectivity index (χ3v) is 3.43. The highest BCUT2D eigenvalue weighted by Crippen LogP contribution is 2.18. The minimum atomic E-state index is -0.147. The topological polar surface area (TPSA) is 44.7 Å². The number of aliphatic hydroxyl groups is 1. The van der Waals surface area contributed by atoms with Crippen molar-refractivity contribution in [3.8, 4) is 0 Å². The summed E-state index contributed by atoms with van der Waals surface area (Å²) in [6.07, 6.45) is 3.33. The van der Waals surface area contributed by atoms with Crippen LogP contribution >= 0.6 is 0 Å². The molecule has 2 rings (SSSR count). The van der Waals surface area contributed by atoms with Crippen molar-refractivity contribution < 1.29 is 9.84 Å². The molecular weight excluding hydrogens is 192 g/mol. The van der Waals surface area contributed by atoms with Gasteiger partial charge in [-0.2, -0.15) is 0 Å². The van der Waals surface area contributed by atoms with Crippen molar-refractivity contribution in [1.29, 1.82) is 0 Å². The van der Waals surface area contributed by atoms with Gasteiger partial charge < -0.3 is 20.1 Å². The molecule has 0 amide bonds. The van der Waals surface area contributed by atoms with Crippen molar-refractivity contribution in [3.05, 3.63) is 0 Å². The average molecular weight is 214 g/mol. The van der Waals surface area contributed by atoms with E-state index in [0.29, 0.717) is 6.04 Å². The number of rotatable bonds is 3. The van der Waals surface area contributed by atoms with Gasteiger partial charge in [-0.25, -0.2) is 0 Å². The van der Waals surface area contributed by atoms with Crippen molar-refractivity contribution >= 4 is 0 Å². The summed E-state index contributed by atoms with van der Waals surface area (Å²) in [5.74, 6) is 0. The van der Waals surface area contributed by atoms with Crippen LogP contribution in [0.5, 0.6) is 0 Å². The number of morpholine rings is 1. The maximum atomic E-state index is 9.66. The number of hydrogen-bond donors (Lipinski definition) is 2. The van der Waals surface area contributed by atoms with Crippen LogP contribution in [0.15, 0.2) is 0 Å². The summed E-state index contributed by atoms with van der Waals surface area (Å²) in [6.45, 7) is 3.72. The highest BCUT2D eigenvalue weighted by Gasteiger charge is 2.26. The van der Waals surface area contributed by atoms with Gasteiger partial charge in [0.2, 0.25) is 0 Å². The van der Waals surface area contributed by atoms with Crippen LogP contribution in [-0.4, -0.2) is 61.5 Å². The molecule has 0 spiro atoms. The highest BCUT2D eigenvalue weighted by molar-refractivity contribution is 4.84. The maximum Gasteiger partial charge on any atom is 0.0826 e. The molecule has 1 heterocycles. The molecule has 15 heavy (non-hydrogen) atoms. The Hall–Kier alpha value is -0.160. The van der Waals surface area contributed by atoms with Crippen molar-refractivity contribution in [3.63, 3.8) is 0 Å². The smallest absolute Gasteiger partial charge is 0.0826 e. The van der Waals surface area contributed by atoms with Gasteiger partial charge in [-0.15, -0.1) is 0 Å². The minimum absolute atomic E-state index is 0.147. The predicted octanol–water partition coefficient (Wildman–Crippen LogP) is -0.180. The van der Waals surface area contributed by atoms with Gasteiger partial charge in [-0.3, -0.25) is 0 Å². The summed E-state index contributed by atoms with van der Waals surface area (Å²) < 4.78 is 5.66. The lowest BCUT2D eigenvalue weighted by Crippen LogP contribution is -2.48. The lowest BCUT2D eigenvalue weighted by molar-refractivity contribution is -0.0209. The molecule has 4 heteroatoms. The second kappa shape index (κ2) is 5.25. The Bertz CT molecular complexity index is 201. The zero-order valence-corrected chi connectivity index (χ0v) is 9.48. The fourth-order valence-corrected chi connectivity index (χ4v) is 2.45. The molecule has 1 aliphatic carbocycles. The summed E-state index contributed by atoms with van der Waals surface area (Å²) in [7, 11) is 2.12. The summed E-state index contributed by atoms with van der Waals surface area (Å²) in [4.78, 5) is 2.29. The minimum Gasteiger partial charge on any atom is -0.392 e. The molecule has 0 aromatic heterocycles. The lowest BCUT2D eigenvalue weighted by Gasteiger charge is -2.31. The van der Waals surface area contributed by atoms with E-state index in [9.17, 15) is 5.11 Å². The molecule has 4 nitrogen and oxygen atoms in total. The van der Waals surface area contributed by atoms with Gasteiger partial charge in [-0.1, -0.05) is 0 Å². The molecule has 0 radical (unpaired) electrons. The second-order valence-electron chi connectivity index (χ2n) is 4.77. The average Bonchev–Trinajstić information content (AvgIpc) is 2.61. The normalized spacial score (nSPS) is 38.4. The van der Waals surface area contributed by atoms with E-state index in [4.69, 9.17) is 4.74 Å². The molecule has 2 N–H and O–H groups in total. The monoisotopic (exact) mass is 214 g/mol. The Labute approximate surface area is 91.6 Å². The summed E-state index contributed by atoms with van der Waals surface area (Å²) in [6, 6.07) is 0.292. The van der Waals surface area contributed by atoms with E-state index in [2.05, 4.69) is 17.3 Å². The van der Waals surface area contributed by atoms with Crippen LogP contribution in [0.1, 0.15) is 19.3 Å². The van der Waals surface area contributed by atoms with Crippen molar-refractivity contribution in [2.75, 3.05) is 33.3 Å². The Morgan fingerprint density at radius 3 is 3.00 bits per heavy atom. The first-order valence-corrected chi connectivity index (χ1v) is 5.97. The van der Waals surface area contributed by atoms with Gasteiger partial charge >= 0.3 is 0 Å². The Morgan fingerprint density at radius 2 is 2.33 bits per heavy atom. The number of aliphatic hydroxyl groups excluding tert-OH is 1. The highest BCUT2D eigenvalue weighted by atomic mass is 16.5. The molecule has 2 fully saturated rings. The molecule has 2 aliphatic rings. The van der Waals surface area contributed by atoms with E-state index in [1.54, 1.807) is 0 Å². The van der Waals surface area contributed by atoms with E-state index in [1.807, 2.05) is 0 Å². The molecule has 3 atom stereocenters. The van der Waals surface area contributed by atoms with E-state index in [0.717, 1.165) is 45.5 Å². The molecule has 0 aromatic carbocycles. The van der Waals surface area contributed by atoms with E-state index in [-0.39, 0.29) is 12.2 Å². The third-order valence-electron chi connectivity index (χ3n) is 3.43. The van der Waals surface area contributed by atoms with Gasteiger partial charge in [0.25, 0.3) is 0 Å². The van der Waals surface area contributed by atoms with Crippen LogP contribution in [0.4, 0.5) is 0 Å². The Kier molecular flexibility index (Phi) is 3.97. The van der Waals surface area contributed by atoms with Gasteiger partial charge in [0.15, 0.2) is 0 Å². The van der Waals surface area contributed by atoms with Crippen molar-refractivity contribution in [2.45, 2.75) is 37.5 Å². The fourth-order valence-electron chi connectivity index (χ4n) is 2.45. The molecular formula is C11H22N2O2. The van der Waals surface area contributed by atoms with Gasteiger partial charge in [0.1, 0.15) is 0 Å². The van der Waals surface area contributed by atoms with Gasteiger partial charge in [-0.05, 0) is 26.3 Å². The first-order chi connectivity index (χ1) is 7.25. The second-order valence-corrected chi connectivity index (χ2v) is 4.77. The van der Waals surface area contributed by atoms with Gasteiger partial charge in [0, 0.05) is 25.7 Å². The van der Waals surface area contributed by atoms with Crippen LogP contribution in [0.2, 0.25) is 0 Å². The number of likely N-dealkylation sites (N-methyl/N-ethyl adjacent to an activating group) is 1. The van der Waals surface area contributed by atoms with Gasteiger partial charge in [0.05, 0.1) is 18.8 Å². The number of nitrogens with one attached hydrogen (secondary N) is 1.